The van der Waals surface area contributed by atoms with Crippen molar-refractivity contribution in [2.45, 2.75) is 38.7 Å². The monoisotopic (exact) mass is 192 g/mol. The van der Waals surface area contributed by atoms with Crippen LogP contribution in [0, 0.1) is 5.92 Å². The molecule has 0 aromatic heterocycles. The predicted molar refractivity (Wildman–Crippen MR) is 47.3 cm³/mol. The van der Waals surface area contributed by atoms with Crippen LogP contribution in [0.25, 0.3) is 0 Å². The minimum absolute atomic E-state index is 0.0660. The van der Waals surface area contributed by atoms with Crippen molar-refractivity contribution in [2.75, 3.05) is 6.26 Å². The fourth-order valence-electron chi connectivity index (χ4n) is 1.71. The Bertz CT molecular complexity index is 233. The SMILES string of the molecule is CC1CCCC(OS(C)(=O)=O)C1. The summed E-state index contributed by atoms with van der Waals surface area (Å²) in [5.41, 5.74) is 0. The molecule has 0 bridgehead atoms. The van der Waals surface area contributed by atoms with Crippen molar-refractivity contribution < 1.29 is 12.6 Å². The van der Waals surface area contributed by atoms with Crippen LogP contribution in [0.5, 0.6) is 0 Å². The Morgan fingerprint density at radius 3 is 2.50 bits per heavy atom. The van der Waals surface area contributed by atoms with Crippen molar-refractivity contribution in [2.24, 2.45) is 5.92 Å². The molecule has 12 heavy (non-hydrogen) atoms. The molecule has 0 radical (unpaired) electrons. The van der Waals surface area contributed by atoms with Gasteiger partial charge in [-0.2, -0.15) is 8.42 Å². The van der Waals surface area contributed by atoms with Gasteiger partial charge in [-0.05, 0) is 18.8 Å². The van der Waals surface area contributed by atoms with Crippen LogP contribution in [0.15, 0.2) is 0 Å². The van der Waals surface area contributed by atoms with Crippen LogP contribution >= 0.6 is 0 Å². The van der Waals surface area contributed by atoms with Gasteiger partial charge in [-0.15, -0.1) is 0 Å². The highest BCUT2D eigenvalue weighted by Gasteiger charge is 2.22. The zero-order valence-electron chi connectivity index (χ0n) is 7.62. The fourth-order valence-corrected chi connectivity index (χ4v) is 2.38. The zero-order valence-corrected chi connectivity index (χ0v) is 8.43. The summed E-state index contributed by atoms with van der Waals surface area (Å²) in [5.74, 6) is 0.602. The van der Waals surface area contributed by atoms with E-state index in [2.05, 4.69) is 6.92 Å². The van der Waals surface area contributed by atoms with Gasteiger partial charge < -0.3 is 0 Å². The van der Waals surface area contributed by atoms with Crippen LogP contribution in [0.1, 0.15) is 32.6 Å². The van der Waals surface area contributed by atoms with Gasteiger partial charge in [-0.1, -0.05) is 19.8 Å². The van der Waals surface area contributed by atoms with E-state index >= 15 is 0 Å². The highest BCUT2D eigenvalue weighted by molar-refractivity contribution is 7.86. The average molecular weight is 192 g/mol. The van der Waals surface area contributed by atoms with Crippen LogP contribution in [-0.2, 0) is 14.3 Å². The first kappa shape index (κ1) is 9.99. The van der Waals surface area contributed by atoms with Crippen LogP contribution < -0.4 is 0 Å². The normalized spacial score (nSPS) is 31.8. The molecule has 0 aromatic rings. The summed E-state index contributed by atoms with van der Waals surface area (Å²) in [6.45, 7) is 2.14. The van der Waals surface area contributed by atoms with E-state index < -0.39 is 10.1 Å². The minimum atomic E-state index is -3.25. The third kappa shape index (κ3) is 3.54. The molecule has 1 fully saturated rings. The van der Waals surface area contributed by atoms with Crippen LogP contribution in [0.4, 0.5) is 0 Å². The minimum Gasteiger partial charge on any atom is -0.267 e. The van der Waals surface area contributed by atoms with Crippen LogP contribution in [0.3, 0.4) is 0 Å². The molecule has 72 valence electrons. The lowest BCUT2D eigenvalue weighted by Gasteiger charge is -2.25. The maximum atomic E-state index is 10.8. The molecule has 0 amide bonds. The Morgan fingerprint density at radius 1 is 1.33 bits per heavy atom. The third-order valence-corrected chi connectivity index (χ3v) is 2.82. The molecule has 4 heteroatoms. The molecule has 3 nitrogen and oxygen atoms in total. The Hall–Kier alpha value is -0.0900. The molecular formula is C8H16O3S. The van der Waals surface area contributed by atoms with Crippen LogP contribution in [-0.4, -0.2) is 20.8 Å². The first-order chi connectivity index (χ1) is 5.47. The Morgan fingerprint density at radius 2 is 2.00 bits per heavy atom. The quantitative estimate of drug-likeness (QED) is 0.623. The molecule has 1 aliphatic carbocycles. The maximum Gasteiger partial charge on any atom is 0.264 e. The smallest absolute Gasteiger partial charge is 0.264 e. The van der Waals surface area contributed by atoms with E-state index in [1.54, 1.807) is 0 Å². The summed E-state index contributed by atoms with van der Waals surface area (Å²) in [5, 5.41) is 0. The summed E-state index contributed by atoms with van der Waals surface area (Å²) in [7, 11) is -3.25. The fraction of sp³-hybridized carbons (Fsp3) is 1.00. The molecule has 1 saturated carbocycles. The van der Waals surface area contributed by atoms with Gasteiger partial charge in [0.15, 0.2) is 0 Å². The van der Waals surface area contributed by atoms with E-state index in [0.717, 1.165) is 25.5 Å². The highest BCUT2D eigenvalue weighted by atomic mass is 32.2. The summed E-state index contributed by atoms with van der Waals surface area (Å²) < 4.78 is 26.5. The second kappa shape index (κ2) is 3.75. The lowest BCUT2D eigenvalue weighted by Crippen LogP contribution is -2.23. The summed E-state index contributed by atoms with van der Waals surface area (Å²) in [4.78, 5) is 0. The van der Waals surface area contributed by atoms with Gasteiger partial charge in [-0.3, -0.25) is 4.18 Å². The van der Waals surface area contributed by atoms with E-state index in [9.17, 15) is 8.42 Å². The van der Waals surface area contributed by atoms with Gasteiger partial charge in [0, 0.05) is 0 Å². The summed E-state index contributed by atoms with van der Waals surface area (Å²) >= 11 is 0. The first-order valence-corrected chi connectivity index (χ1v) is 6.17. The van der Waals surface area contributed by atoms with Gasteiger partial charge in [0.2, 0.25) is 0 Å². The number of hydrogen-bond donors (Lipinski definition) is 0. The molecule has 0 saturated heterocycles. The number of rotatable bonds is 2. The predicted octanol–water partition coefficient (Wildman–Crippen LogP) is 1.54. The highest BCUT2D eigenvalue weighted by Crippen LogP contribution is 2.26. The molecule has 0 aliphatic heterocycles. The van der Waals surface area contributed by atoms with Crippen molar-refractivity contribution in [1.82, 2.24) is 0 Å². The molecule has 1 aliphatic rings. The van der Waals surface area contributed by atoms with Crippen molar-refractivity contribution >= 4 is 10.1 Å². The maximum absolute atomic E-state index is 10.8. The molecule has 2 unspecified atom stereocenters. The molecule has 0 N–H and O–H groups in total. The van der Waals surface area contributed by atoms with Crippen molar-refractivity contribution in [3.8, 4) is 0 Å². The van der Waals surface area contributed by atoms with Gasteiger partial charge in [0.05, 0.1) is 12.4 Å². The Kier molecular flexibility index (Phi) is 3.12. The molecule has 0 spiro atoms. The summed E-state index contributed by atoms with van der Waals surface area (Å²) in [6.07, 6.45) is 5.10. The van der Waals surface area contributed by atoms with Crippen molar-refractivity contribution in [3.05, 3.63) is 0 Å². The molecular weight excluding hydrogens is 176 g/mol. The largest absolute Gasteiger partial charge is 0.267 e. The molecule has 1 rings (SSSR count). The third-order valence-electron chi connectivity index (χ3n) is 2.20. The second-order valence-corrected chi connectivity index (χ2v) is 5.29. The van der Waals surface area contributed by atoms with E-state index in [0.29, 0.717) is 5.92 Å². The van der Waals surface area contributed by atoms with Crippen LogP contribution in [0.2, 0.25) is 0 Å². The standard InChI is InChI=1S/C8H16O3S/c1-7-4-3-5-8(6-7)11-12(2,9)10/h7-8H,3-6H2,1-2H3. The first-order valence-electron chi connectivity index (χ1n) is 4.35. The Balaban J connectivity index is 2.43. The average Bonchev–Trinajstić information content (AvgIpc) is 1.82. The van der Waals surface area contributed by atoms with E-state index in [1.807, 2.05) is 0 Å². The van der Waals surface area contributed by atoms with E-state index in [1.165, 1.54) is 6.42 Å². The lowest BCUT2D eigenvalue weighted by molar-refractivity contribution is 0.137. The zero-order chi connectivity index (χ0) is 9.19. The lowest BCUT2D eigenvalue weighted by atomic mass is 9.89. The van der Waals surface area contributed by atoms with Gasteiger partial charge >= 0.3 is 0 Å². The molecule has 0 aromatic carbocycles. The van der Waals surface area contributed by atoms with E-state index in [-0.39, 0.29) is 6.10 Å². The number of hydrogen-bond acceptors (Lipinski definition) is 3. The molecule has 0 heterocycles. The van der Waals surface area contributed by atoms with Gasteiger partial charge in [0.1, 0.15) is 0 Å². The topological polar surface area (TPSA) is 43.4 Å². The van der Waals surface area contributed by atoms with Crippen molar-refractivity contribution in [3.63, 3.8) is 0 Å². The summed E-state index contributed by atoms with van der Waals surface area (Å²) in [6, 6.07) is 0. The van der Waals surface area contributed by atoms with Gasteiger partial charge in [0.25, 0.3) is 10.1 Å². The Labute approximate surface area is 74.2 Å². The molecule has 2 atom stereocenters. The van der Waals surface area contributed by atoms with Crippen molar-refractivity contribution in [1.29, 1.82) is 0 Å². The second-order valence-electron chi connectivity index (χ2n) is 3.69. The van der Waals surface area contributed by atoms with E-state index in [4.69, 9.17) is 4.18 Å². The van der Waals surface area contributed by atoms with Gasteiger partial charge in [-0.25, -0.2) is 0 Å².